The van der Waals surface area contributed by atoms with E-state index in [4.69, 9.17) is 193 Å². The highest BCUT2D eigenvalue weighted by atomic mass is 16.5. The number of carbonyl (C=O) groups excluding carboxylic acids is 1. The zero-order valence-corrected chi connectivity index (χ0v) is 53.0. The summed E-state index contributed by atoms with van der Waals surface area (Å²) in [6.45, 7) is 25.1. The van der Waals surface area contributed by atoms with Crippen LogP contribution in [0.25, 0.3) is 0 Å². The smallest absolute Gasteiger partial charge is 0.305 e. The first-order valence-electron chi connectivity index (χ1n) is 22.6. The average molecular weight is 1310 g/mol. The number of ether oxygens (including phenoxy) is 1. The molecule has 0 aromatic carbocycles. The van der Waals surface area contributed by atoms with Crippen LogP contribution in [0.5, 0.6) is 0 Å². The maximum atomic E-state index is 10.9. The first kappa shape index (κ1) is 137. The van der Waals surface area contributed by atoms with Crippen LogP contribution in [0.3, 0.4) is 0 Å². The lowest BCUT2D eigenvalue weighted by atomic mass is 10.1. The van der Waals surface area contributed by atoms with Gasteiger partial charge in [-0.3, -0.25) is 95.9 Å². The number of esters is 1. The fraction of sp³-hybridized carbons (Fsp3) is 0.583. The first-order chi connectivity index (χ1) is 38.7. The normalized spacial score (nSPS) is 6.74. The molecule has 0 aromatic rings. The molecular formula is C48H96O40. The predicted octanol–water partition coefficient (Wildman–Crippen LogP) is 4.64. The molecule has 19 N–H and O–H groups in total. The van der Waals surface area contributed by atoms with E-state index in [1.807, 2.05) is 6.92 Å². The molecule has 0 saturated heterocycles. The zero-order valence-electron chi connectivity index (χ0n) is 53.0. The van der Waals surface area contributed by atoms with E-state index < -0.39 is 113 Å². The van der Waals surface area contributed by atoms with Crippen molar-refractivity contribution in [1.82, 2.24) is 0 Å². The molecule has 0 heterocycles. The molecule has 0 saturated carbocycles. The molecule has 0 rings (SSSR count). The third kappa shape index (κ3) is 1160000. The number of hydrogen-bond donors (Lipinski definition) is 19. The van der Waals surface area contributed by atoms with Crippen LogP contribution in [-0.4, -0.2) is 223 Å². The fourth-order valence-electron chi connectivity index (χ4n) is 1.11. The minimum absolute atomic E-state index is 0.0472. The van der Waals surface area contributed by atoms with E-state index in [0.717, 1.165) is 144 Å². The van der Waals surface area contributed by atoms with E-state index in [1.54, 1.807) is 0 Å². The summed E-state index contributed by atoms with van der Waals surface area (Å²) < 4.78 is 4.81. The maximum Gasteiger partial charge on any atom is 0.305 e. The summed E-state index contributed by atoms with van der Waals surface area (Å²) in [5.41, 5.74) is 0. The molecule has 0 aromatic heterocycles. The van der Waals surface area contributed by atoms with Gasteiger partial charge >= 0.3 is 5.97 Å². The van der Waals surface area contributed by atoms with Crippen molar-refractivity contribution in [2.75, 3.05) is 6.61 Å². The van der Waals surface area contributed by atoms with Crippen molar-refractivity contribution in [2.24, 2.45) is 0 Å². The van der Waals surface area contributed by atoms with Gasteiger partial charge in [0.2, 0.25) is 0 Å². The van der Waals surface area contributed by atoms with Gasteiger partial charge in [0.05, 0.1) is 6.61 Å². The molecule has 0 fully saturated rings. The number of carboxylic acid groups (broad SMARTS) is 19. The lowest BCUT2D eigenvalue weighted by Crippen LogP contribution is -2.02. The summed E-state index contributed by atoms with van der Waals surface area (Å²) in [5, 5.41) is 141. The van der Waals surface area contributed by atoms with Crippen molar-refractivity contribution in [1.29, 1.82) is 0 Å². The second-order valence-electron chi connectivity index (χ2n) is 12.8. The lowest BCUT2D eigenvalue weighted by Gasteiger charge is -2.00. The Bertz CT molecular complexity index is 1240. The molecule has 0 amide bonds. The van der Waals surface area contributed by atoms with Gasteiger partial charge in [-0.1, -0.05) is 32.6 Å². The second kappa shape index (κ2) is 132. The number of hydrogen-bond acceptors (Lipinski definition) is 21. The number of unbranched alkanes of at least 4 members (excludes halogenated alkanes) is 4. The van der Waals surface area contributed by atoms with Gasteiger partial charge in [-0.05, 0) is 13.3 Å². The Balaban J connectivity index is -0.0000000311. The van der Waals surface area contributed by atoms with E-state index in [-0.39, 0.29) is 5.97 Å². The van der Waals surface area contributed by atoms with Gasteiger partial charge in [-0.2, -0.15) is 0 Å². The van der Waals surface area contributed by atoms with Gasteiger partial charge in [-0.25, -0.2) is 0 Å². The molecule has 0 aliphatic heterocycles. The van der Waals surface area contributed by atoms with E-state index in [2.05, 4.69) is 6.92 Å². The Morgan fingerprint density at radius 1 is 0.193 bits per heavy atom. The van der Waals surface area contributed by atoms with E-state index >= 15 is 0 Å². The highest BCUT2D eigenvalue weighted by Gasteiger charge is 1.99. The molecule has 40 nitrogen and oxygen atoms in total. The second-order valence-corrected chi connectivity index (χ2v) is 12.8. The molecule has 0 spiro atoms. The lowest BCUT2D eigenvalue weighted by molar-refractivity contribution is -0.143. The minimum Gasteiger partial charge on any atom is -0.481 e. The molecule has 0 aliphatic rings. The van der Waals surface area contributed by atoms with Gasteiger partial charge in [-0.15, -0.1) is 0 Å². The largest absolute Gasteiger partial charge is 0.481 e. The zero-order chi connectivity index (χ0) is 77.2. The summed E-state index contributed by atoms with van der Waals surface area (Å²) in [4.78, 5) is 182. The number of rotatable bonds is 7. The molecular weight excluding hydrogens is 1220 g/mol. The summed E-state index contributed by atoms with van der Waals surface area (Å²) in [7, 11) is 0. The van der Waals surface area contributed by atoms with Gasteiger partial charge in [0.15, 0.2) is 0 Å². The SMILES string of the molecule is CC(=O)O.CC(=O)O.CC(=O)O.CC(=O)O.CC(=O)O.CC(=O)O.CC(=O)O.CC(=O)O.CC(=O)O.CC(=O)O.CC(=O)O.CC(=O)O.CC(=O)O.CC(=O)O.CC(=O)O.CC(=O)O.CC(=O)O.CC(=O)O.CC(=O)O.CCCCCCCC(=O)OCC. The Hall–Kier alpha value is -10.6. The van der Waals surface area contributed by atoms with Crippen LogP contribution in [0, 0.1) is 0 Å². The summed E-state index contributed by atoms with van der Waals surface area (Å²) in [6.07, 6.45) is 6.52. The van der Waals surface area contributed by atoms with Crippen LogP contribution in [0.4, 0.5) is 0 Å². The van der Waals surface area contributed by atoms with Crippen molar-refractivity contribution in [3.8, 4) is 0 Å². The number of aliphatic carboxylic acids is 19. The quantitative estimate of drug-likeness (QED) is 0.122. The van der Waals surface area contributed by atoms with Crippen LogP contribution in [0.1, 0.15) is 184 Å². The molecule has 40 heteroatoms. The van der Waals surface area contributed by atoms with Crippen LogP contribution in [-0.2, 0) is 101 Å². The monoisotopic (exact) mass is 1310 g/mol. The molecule has 0 unspecified atom stereocenters. The minimum atomic E-state index is -0.833. The van der Waals surface area contributed by atoms with E-state index in [1.165, 1.54) is 19.3 Å². The van der Waals surface area contributed by atoms with Crippen molar-refractivity contribution < 1.29 is 198 Å². The molecule has 0 radical (unpaired) electrons. The highest BCUT2D eigenvalue weighted by Crippen LogP contribution is 2.05. The summed E-state index contributed by atoms with van der Waals surface area (Å²) in [5.74, 6) is -15.9. The Morgan fingerprint density at radius 2 is 0.284 bits per heavy atom. The third-order valence-electron chi connectivity index (χ3n) is 1.79. The van der Waals surface area contributed by atoms with Crippen molar-refractivity contribution in [3.05, 3.63) is 0 Å². The summed E-state index contributed by atoms with van der Waals surface area (Å²) >= 11 is 0. The summed E-state index contributed by atoms with van der Waals surface area (Å²) in [6, 6.07) is 0. The standard InChI is InChI=1S/C10H20O2.19C2H4O2/c1-3-5-6-7-8-9-10(11)12-4-2;19*1-2(3)4/h3-9H2,1-2H3;19*1H3,(H,3,4). The molecule has 0 atom stereocenters. The first-order valence-corrected chi connectivity index (χ1v) is 22.6. The van der Waals surface area contributed by atoms with Gasteiger partial charge in [0.25, 0.3) is 113 Å². The predicted molar refractivity (Wildman–Crippen MR) is 303 cm³/mol. The average Bonchev–Trinajstić information content (AvgIpc) is 3.14. The van der Waals surface area contributed by atoms with Crippen LogP contribution < -0.4 is 0 Å². The number of carboxylic acids is 19. The van der Waals surface area contributed by atoms with E-state index in [9.17, 15) is 4.79 Å². The van der Waals surface area contributed by atoms with Gasteiger partial charge in [0.1, 0.15) is 0 Å². The topological polar surface area (TPSA) is 735 Å². The van der Waals surface area contributed by atoms with Crippen LogP contribution >= 0.6 is 0 Å². The highest BCUT2D eigenvalue weighted by molar-refractivity contribution is 5.69. The van der Waals surface area contributed by atoms with Crippen LogP contribution in [0.15, 0.2) is 0 Å². The van der Waals surface area contributed by atoms with Crippen molar-refractivity contribution >= 4 is 119 Å². The van der Waals surface area contributed by atoms with Gasteiger partial charge in [0, 0.05) is 138 Å². The Labute approximate surface area is 506 Å². The van der Waals surface area contributed by atoms with E-state index in [0.29, 0.717) is 13.0 Å². The van der Waals surface area contributed by atoms with Crippen molar-refractivity contribution in [2.45, 2.75) is 184 Å². The van der Waals surface area contributed by atoms with Gasteiger partial charge < -0.3 is 102 Å². The van der Waals surface area contributed by atoms with Crippen molar-refractivity contribution in [3.63, 3.8) is 0 Å². The number of carbonyl (C=O) groups is 20. The maximum absolute atomic E-state index is 10.9. The molecule has 528 valence electrons. The molecule has 88 heavy (non-hydrogen) atoms. The third-order valence-corrected chi connectivity index (χ3v) is 1.79. The molecule has 0 bridgehead atoms. The fourth-order valence-corrected chi connectivity index (χ4v) is 1.11. The van der Waals surface area contributed by atoms with Crippen LogP contribution in [0.2, 0.25) is 0 Å². The Morgan fingerprint density at radius 3 is 0.364 bits per heavy atom. The Kier molecular flexibility index (Phi) is 205. The molecule has 0 aliphatic carbocycles.